The Morgan fingerprint density at radius 1 is 1.04 bits per heavy atom. The van der Waals surface area contributed by atoms with Gasteiger partial charge in [-0.2, -0.15) is 5.10 Å². The van der Waals surface area contributed by atoms with E-state index in [2.05, 4.69) is 64.1 Å². The molecule has 0 saturated heterocycles. The van der Waals surface area contributed by atoms with Crippen LogP contribution in [-0.4, -0.2) is 15.7 Å². The molecule has 0 radical (unpaired) electrons. The van der Waals surface area contributed by atoms with Gasteiger partial charge in [-0.05, 0) is 23.0 Å². The maximum atomic E-state index is 11.7. The smallest absolute Gasteiger partial charge is 0.308 e. The molecule has 0 aliphatic heterocycles. The van der Waals surface area contributed by atoms with E-state index in [-0.39, 0.29) is 16.8 Å². The second-order valence-electron chi connectivity index (χ2n) is 8.52. The molecule has 5 nitrogen and oxygen atoms in total. The second-order valence-corrected chi connectivity index (χ2v) is 8.52. The third-order valence-corrected chi connectivity index (χ3v) is 3.94. The van der Waals surface area contributed by atoms with Crippen LogP contribution in [0.5, 0.6) is 5.75 Å². The van der Waals surface area contributed by atoms with Crippen LogP contribution >= 0.6 is 0 Å². The van der Waals surface area contributed by atoms with Gasteiger partial charge in [-0.3, -0.25) is 9.48 Å². The number of hydrogen-bond donors (Lipinski definition) is 1. The quantitative estimate of drug-likeness (QED) is 0.649. The number of esters is 1. The number of carbonyl (C=O) groups is 1. The summed E-state index contributed by atoms with van der Waals surface area (Å²) >= 11 is 0. The van der Waals surface area contributed by atoms with E-state index in [1.807, 2.05) is 13.2 Å². The van der Waals surface area contributed by atoms with E-state index in [0.29, 0.717) is 5.75 Å². The van der Waals surface area contributed by atoms with Crippen molar-refractivity contribution < 1.29 is 9.53 Å². The first-order valence-electron chi connectivity index (χ1n) is 8.51. The van der Waals surface area contributed by atoms with Crippen LogP contribution in [0.2, 0.25) is 0 Å². The van der Waals surface area contributed by atoms with E-state index < -0.39 is 0 Å². The molecule has 2 rings (SSSR count). The van der Waals surface area contributed by atoms with Crippen molar-refractivity contribution in [3.8, 4) is 5.75 Å². The van der Waals surface area contributed by atoms with Gasteiger partial charge < -0.3 is 10.1 Å². The third kappa shape index (κ3) is 4.62. The maximum Gasteiger partial charge on any atom is 0.308 e. The van der Waals surface area contributed by atoms with Crippen LogP contribution in [0.15, 0.2) is 24.5 Å². The van der Waals surface area contributed by atoms with Crippen LogP contribution < -0.4 is 10.1 Å². The molecule has 0 saturated carbocycles. The number of hydrogen-bond acceptors (Lipinski definition) is 4. The Kier molecular flexibility index (Phi) is 4.98. The molecular weight excluding hydrogens is 314 g/mol. The van der Waals surface area contributed by atoms with Gasteiger partial charge in [0.2, 0.25) is 0 Å². The number of nitrogens with zero attached hydrogens (tertiary/aromatic N) is 2. The van der Waals surface area contributed by atoms with Gasteiger partial charge in [0.25, 0.3) is 0 Å². The summed E-state index contributed by atoms with van der Waals surface area (Å²) in [5.74, 6) is 0.369. The van der Waals surface area contributed by atoms with Gasteiger partial charge in [-0.25, -0.2) is 0 Å². The van der Waals surface area contributed by atoms with Gasteiger partial charge in [-0.15, -0.1) is 0 Å². The molecule has 0 amide bonds. The Hall–Kier alpha value is -2.30. The predicted octanol–water partition coefficient (Wildman–Crippen LogP) is 4.68. The lowest BCUT2D eigenvalue weighted by molar-refractivity contribution is -0.132. The topological polar surface area (TPSA) is 56.1 Å². The first-order chi connectivity index (χ1) is 11.4. The molecule has 0 aliphatic rings. The van der Waals surface area contributed by atoms with Crippen molar-refractivity contribution in [3.63, 3.8) is 0 Å². The molecule has 1 heterocycles. The van der Waals surface area contributed by atoms with Crippen molar-refractivity contribution in [3.05, 3.63) is 35.7 Å². The number of ether oxygens (including phenoxy) is 1. The van der Waals surface area contributed by atoms with Gasteiger partial charge in [-0.1, -0.05) is 41.5 Å². The third-order valence-electron chi connectivity index (χ3n) is 3.94. The van der Waals surface area contributed by atoms with Crippen molar-refractivity contribution in [2.24, 2.45) is 7.05 Å². The Morgan fingerprint density at radius 2 is 1.56 bits per heavy atom. The summed E-state index contributed by atoms with van der Waals surface area (Å²) in [5.41, 5.74) is 3.54. The molecule has 25 heavy (non-hydrogen) atoms. The molecular formula is C20H29N3O2. The molecule has 0 unspecified atom stereocenters. The zero-order valence-corrected chi connectivity index (χ0v) is 16.5. The van der Waals surface area contributed by atoms with Gasteiger partial charge in [0.1, 0.15) is 5.75 Å². The highest BCUT2D eigenvalue weighted by Crippen LogP contribution is 2.42. The molecule has 136 valence electrons. The van der Waals surface area contributed by atoms with Crippen LogP contribution in [0.3, 0.4) is 0 Å². The predicted molar refractivity (Wildman–Crippen MR) is 102 cm³/mol. The zero-order valence-electron chi connectivity index (χ0n) is 16.5. The van der Waals surface area contributed by atoms with Crippen molar-refractivity contribution in [1.29, 1.82) is 0 Å². The van der Waals surface area contributed by atoms with E-state index in [4.69, 9.17) is 4.74 Å². The molecule has 0 spiro atoms. The minimum Gasteiger partial charge on any atom is -0.426 e. The SMILES string of the molecule is CC(=O)Oc1c(C(C)(C)C)cc(Nc2cnn(C)c2)cc1C(C)(C)C. The number of aryl methyl sites for hydroxylation is 1. The van der Waals surface area contributed by atoms with E-state index in [0.717, 1.165) is 22.5 Å². The molecule has 1 aromatic heterocycles. The molecule has 1 aromatic carbocycles. The monoisotopic (exact) mass is 343 g/mol. The molecule has 0 atom stereocenters. The summed E-state index contributed by atoms with van der Waals surface area (Å²) in [4.78, 5) is 11.7. The van der Waals surface area contributed by atoms with Crippen LogP contribution in [0.25, 0.3) is 0 Å². The first-order valence-corrected chi connectivity index (χ1v) is 8.51. The van der Waals surface area contributed by atoms with Crippen molar-refractivity contribution in [2.45, 2.75) is 59.3 Å². The number of nitrogens with one attached hydrogen (secondary N) is 1. The van der Waals surface area contributed by atoms with E-state index in [1.54, 1.807) is 10.9 Å². The summed E-state index contributed by atoms with van der Waals surface area (Å²) in [5, 5.41) is 7.60. The van der Waals surface area contributed by atoms with E-state index >= 15 is 0 Å². The minimum atomic E-state index is -0.302. The standard InChI is InChI=1S/C20H29N3O2/c1-13(24)25-18-16(19(2,3)4)9-14(10-17(18)20(5,6)7)22-15-11-21-23(8)12-15/h9-12,22H,1-8H3. The fraction of sp³-hybridized carbons (Fsp3) is 0.500. The molecule has 0 bridgehead atoms. The Labute approximate surface area is 150 Å². The van der Waals surface area contributed by atoms with Crippen molar-refractivity contribution >= 4 is 17.3 Å². The van der Waals surface area contributed by atoms with Gasteiger partial charge >= 0.3 is 5.97 Å². The summed E-state index contributed by atoms with van der Waals surface area (Å²) in [6.45, 7) is 14.2. The number of aromatic nitrogens is 2. The van der Waals surface area contributed by atoms with Crippen molar-refractivity contribution in [2.75, 3.05) is 5.32 Å². The molecule has 5 heteroatoms. The summed E-state index contributed by atoms with van der Waals surface area (Å²) < 4.78 is 7.41. The molecule has 0 fully saturated rings. The average Bonchev–Trinajstić information content (AvgIpc) is 2.82. The zero-order chi connectivity index (χ0) is 19.0. The Balaban J connectivity index is 2.65. The summed E-state index contributed by atoms with van der Waals surface area (Å²) in [6.07, 6.45) is 3.71. The Bertz CT molecular complexity index is 742. The molecule has 0 aliphatic carbocycles. The van der Waals surface area contributed by atoms with Crippen LogP contribution in [0.4, 0.5) is 11.4 Å². The van der Waals surface area contributed by atoms with E-state index in [9.17, 15) is 4.79 Å². The number of rotatable bonds is 3. The number of benzene rings is 1. The largest absolute Gasteiger partial charge is 0.426 e. The molecule has 2 aromatic rings. The first kappa shape index (κ1) is 19.0. The lowest BCUT2D eigenvalue weighted by Crippen LogP contribution is -2.21. The number of carbonyl (C=O) groups excluding carboxylic acids is 1. The lowest BCUT2D eigenvalue weighted by Gasteiger charge is -2.30. The highest BCUT2D eigenvalue weighted by atomic mass is 16.5. The fourth-order valence-corrected chi connectivity index (χ4v) is 2.72. The molecule has 1 N–H and O–H groups in total. The second kappa shape index (κ2) is 6.54. The van der Waals surface area contributed by atoms with Gasteiger partial charge in [0.05, 0.1) is 11.9 Å². The fourth-order valence-electron chi connectivity index (χ4n) is 2.72. The van der Waals surface area contributed by atoms with Crippen LogP contribution in [-0.2, 0) is 22.7 Å². The van der Waals surface area contributed by atoms with E-state index in [1.165, 1.54) is 6.92 Å². The Morgan fingerprint density at radius 3 is 1.92 bits per heavy atom. The number of anilines is 2. The van der Waals surface area contributed by atoms with Crippen LogP contribution in [0, 0.1) is 0 Å². The highest BCUT2D eigenvalue weighted by Gasteiger charge is 2.28. The normalized spacial score (nSPS) is 12.2. The summed E-state index contributed by atoms with van der Waals surface area (Å²) in [7, 11) is 1.89. The summed E-state index contributed by atoms with van der Waals surface area (Å²) in [6, 6.07) is 4.11. The average molecular weight is 343 g/mol. The van der Waals surface area contributed by atoms with Crippen molar-refractivity contribution in [1.82, 2.24) is 9.78 Å². The maximum absolute atomic E-state index is 11.7. The highest BCUT2D eigenvalue weighted by molar-refractivity contribution is 5.73. The lowest BCUT2D eigenvalue weighted by atomic mass is 9.79. The van der Waals surface area contributed by atoms with Crippen LogP contribution in [0.1, 0.15) is 59.6 Å². The minimum absolute atomic E-state index is 0.169. The van der Waals surface area contributed by atoms with Gasteiger partial charge in [0, 0.05) is 37.0 Å². The van der Waals surface area contributed by atoms with Gasteiger partial charge in [0.15, 0.2) is 0 Å².